The lowest BCUT2D eigenvalue weighted by Crippen LogP contribution is -2.55. The third-order valence-corrected chi connectivity index (χ3v) is 3.36. The molecule has 0 saturated heterocycles. The molecule has 1 aromatic carbocycles. The largest absolute Gasteiger partial charge is 0.326 e. The summed E-state index contributed by atoms with van der Waals surface area (Å²) in [5.74, 6) is -1.37. The van der Waals surface area contributed by atoms with E-state index < -0.39 is 23.9 Å². The first-order chi connectivity index (χ1) is 12.5. The number of rotatable bonds is 5. The Morgan fingerprint density at radius 1 is 1.00 bits per heavy atom. The molecular formula is C17H20N6O3. The molecule has 2 aromatic rings. The number of hydrogen-bond acceptors (Lipinski definition) is 5. The number of urea groups is 1. The summed E-state index contributed by atoms with van der Waals surface area (Å²) < 4.78 is 0. The molecule has 0 aliphatic carbocycles. The molecule has 9 nitrogen and oxygen atoms in total. The molecule has 0 bridgehead atoms. The van der Waals surface area contributed by atoms with Crippen LogP contribution in [0, 0.1) is 5.92 Å². The molecule has 0 aliphatic heterocycles. The van der Waals surface area contributed by atoms with Crippen LogP contribution in [0.1, 0.15) is 24.3 Å². The van der Waals surface area contributed by atoms with Crippen LogP contribution < -0.4 is 21.5 Å². The number of amides is 4. The van der Waals surface area contributed by atoms with Crippen molar-refractivity contribution >= 4 is 23.5 Å². The number of aromatic nitrogens is 2. The number of carbonyl (C=O) groups excluding carboxylic acids is 3. The number of nitrogens with one attached hydrogen (secondary N) is 4. The molecule has 0 spiro atoms. The zero-order valence-corrected chi connectivity index (χ0v) is 14.4. The monoisotopic (exact) mass is 356 g/mol. The fourth-order valence-electron chi connectivity index (χ4n) is 2.04. The van der Waals surface area contributed by atoms with Crippen molar-refractivity contribution in [3.63, 3.8) is 0 Å². The Kier molecular flexibility index (Phi) is 6.60. The quantitative estimate of drug-likeness (QED) is 0.597. The molecule has 4 amide bonds. The molecule has 1 atom stereocenters. The zero-order valence-electron chi connectivity index (χ0n) is 14.4. The van der Waals surface area contributed by atoms with Gasteiger partial charge in [0.1, 0.15) is 11.7 Å². The molecule has 9 heteroatoms. The third-order valence-electron chi connectivity index (χ3n) is 3.36. The van der Waals surface area contributed by atoms with Crippen molar-refractivity contribution in [1.29, 1.82) is 0 Å². The van der Waals surface area contributed by atoms with Crippen LogP contribution in [0.3, 0.4) is 0 Å². The van der Waals surface area contributed by atoms with Crippen LogP contribution in [-0.2, 0) is 4.79 Å². The van der Waals surface area contributed by atoms with Crippen LogP contribution in [0.2, 0.25) is 0 Å². The maximum Gasteiger partial charge on any atom is 0.319 e. The van der Waals surface area contributed by atoms with Crippen molar-refractivity contribution in [2.45, 2.75) is 19.9 Å². The highest BCUT2D eigenvalue weighted by molar-refractivity contribution is 5.96. The predicted molar refractivity (Wildman–Crippen MR) is 94.9 cm³/mol. The van der Waals surface area contributed by atoms with Gasteiger partial charge in [0.05, 0.1) is 6.20 Å². The van der Waals surface area contributed by atoms with Gasteiger partial charge in [0.25, 0.3) is 11.8 Å². The number of anilines is 1. The van der Waals surface area contributed by atoms with Crippen LogP contribution >= 0.6 is 0 Å². The van der Waals surface area contributed by atoms with Crippen molar-refractivity contribution < 1.29 is 14.4 Å². The Bertz CT molecular complexity index is 752. The molecule has 136 valence electrons. The summed E-state index contributed by atoms with van der Waals surface area (Å²) >= 11 is 0. The second kappa shape index (κ2) is 9.11. The first-order valence-electron chi connectivity index (χ1n) is 7.96. The fourth-order valence-corrected chi connectivity index (χ4v) is 2.04. The molecule has 2 rings (SSSR count). The highest BCUT2D eigenvalue weighted by Crippen LogP contribution is 2.06. The van der Waals surface area contributed by atoms with E-state index in [1.807, 2.05) is 6.07 Å². The Labute approximate surface area is 150 Å². The van der Waals surface area contributed by atoms with Crippen molar-refractivity contribution in [1.82, 2.24) is 26.1 Å². The van der Waals surface area contributed by atoms with E-state index in [0.717, 1.165) is 0 Å². The van der Waals surface area contributed by atoms with E-state index in [-0.39, 0.29) is 11.6 Å². The number of hydrazine groups is 1. The van der Waals surface area contributed by atoms with E-state index in [2.05, 4.69) is 31.5 Å². The van der Waals surface area contributed by atoms with Gasteiger partial charge < -0.3 is 10.6 Å². The van der Waals surface area contributed by atoms with Crippen LogP contribution in [0.4, 0.5) is 10.5 Å². The number of nitrogens with zero attached hydrogens (tertiary/aromatic N) is 2. The second-order valence-electron chi connectivity index (χ2n) is 5.72. The van der Waals surface area contributed by atoms with Crippen molar-refractivity contribution in [3.8, 4) is 0 Å². The van der Waals surface area contributed by atoms with Gasteiger partial charge in [-0.2, -0.15) is 0 Å². The van der Waals surface area contributed by atoms with E-state index in [1.54, 1.807) is 38.1 Å². The van der Waals surface area contributed by atoms with Gasteiger partial charge in [-0.15, -0.1) is 0 Å². The van der Waals surface area contributed by atoms with Crippen molar-refractivity contribution in [2.75, 3.05) is 5.32 Å². The molecular weight excluding hydrogens is 336 g/mol. The Hall–Kier alpha value is -3.49. The van der Waals surface area contributed by atoms with Gasteiger partial charge in [-0.1, -0.05) is 32.0 Å². The van der Waals surface area contributed by atoms with Gasteiger partial charge in [0.15, 0.2) is 0 Å². The summed E-state index contributed by atoms with van der Waals surface area (Å²) in [4.78, 5) is 43.9. The number of hydrogen-bond donors (Lipinski definition) is 4. The normalized spacial score (nSPS) is 11.3. The lowest BCUT2D eigenvalue weighted by molar-refractivity contribution is -0.124. The smallest absolute Gasteiger partial charge is 0.319 e. The van der Waals surface area contributed by atoms with E-state index >= 15 is 0 Å². The predicted octanol–water partition coefficient (Wildman–Crippen LogP) is 1.08. The van der Waals surface area contributed by atoms with Gasteiger partial charge in [0.2, 0.25) is 0 Å². The second-order valence-corrected chi connectivity index (χ2v) is 5.72. The Balaban J connectivity index is 1.90. The molecule has 26 heavy (non-hydrogen) atoms. The minimum absolute atomic E-state index is 0.0590. The van der Waals surface area contributed by atoms with E-state index in [4.69, 9.17) is 0 Å². The molecule has 1 unspecified atom stereocenters. The maximum absolute atomic E-state index is 12.3. The highest BCUT2D eigenvalue weighted by Gasteiger charge is 2.24. The molecule has 0 radical (unpaired) electrons. The molecule has 1 aromatic heterocycles. The lowest BCUT2D eigenvalue weighted by atomic mass is 10.0. The van der Waals surface area contributed by atoms with E-state index in [9.17, 15) is 14.4 Å². The average Bonchev–Trinajstić information content (AvgIpc) is 2.65. The number of benzene rings is 1. The van der Waals surface area contributed by atoms with Crippen LogP contribution in [-0.4, -0.2) is 33.9 Å². The van der Waals surface area contributed by atoms with E-state index in [1.165, 1.54) is 18.6 Å². The first-order valence-corrected chi connectivity index (χ1v) is 7.96. The zero-order chi connectivity index (χ0) is 18.9. The number of carbonyl (C=O) groups is 3. The minimum Gasteiger partial charge on any atom is -0.326 e. The van der Waals surface area contributed by atoms with Gasteiger partial charge in [-0.3, -0.25) is 25.4 Å². The summed E-state index contributed by atoms with van der Waals surface area (Å²) in [6.07, 6.45) is 4.07. The Morgan fingerprint density at radius 3 is 2.35 bits per heavy atom. The average molecular weight is 356 g/mol. The molecule has 0 aliphatic rings. The van der Waals surface area contributed by atoms with Crippen molar-refractivity contribution in [3.05, 3.63) is 54.6 Å². The summed E-state index contributed by atoms with van der Waals surface area (Å²) in [6.45, 7) is 3.55. The lowest BCUT2D eigenvalue weighted by Gasteiger charge is -2.22. The van der Waals surface area contributed by atoms with Crippen LogP contribution in [0.5, 0.6) is 0 Å². The topological polar surface area (TPSA) is 125 Å². The SMILES string of the molecule is CC(C)C(NC(=O)Nc1ccccc1)C(=O)NNC(=O)c1cnccn1. The van der Waals surface area contributed by atoms with Gasteiger partial charge in [-0.25, -0.2) is 9.78 Å². The maximum atomic E-state index is 12.3. The summed E-state index contributed by atoms with van der Waals surface area (Å²) in [5.41, 5.74) is 5.19. The summed E-state index contributed by atoms with van der Waals surface area (Å²) in [6, 6.07) is 7.48. The highest BCUT2D eigenvalue weighted by atomic mass is 16.2. The minimum atomic E-state index is -0.846. The van der Waals surface area contributed by atoms with Gasteiger partial charge in [0, 0.05) is 18.1 Å². The number of para-hydroxylation sites is 1. The molecule has 0 fully saturated rings. The molecule has 0 saturated carbocycles. The summed E-state index contributed by atoms with van der Waals surface area (Å²) in [5, 5.41) is 5.22. The first kappa shape index (κ1) is 18.8. The Morgan fingerprint density at radius 2 is 1.73 bits per heavy atom. The molecule has 4 N–H and O–H groups in total. The van der Waals surface area contributed by atoms with Gasteiger partial charge >= 0.3 is 6.03 Å². The molecule has 1 heterocycles. The van der Waals surface area contributed by atoms with Gasteiger partial charge in [-0.05, 0) is 18.1 Å². The van der Waals surface area contributed by atoms with Crippen LogP contribution in [0.15, 0.2) is 48.9 Å². The summed E-state index contributed by atoms with van der Waals surface area (Å²) in [7, 11) is 0. The van der Waals surface area contributed by atoms with Crippen molar-refractivity contribution in [2.24, 2.45) is 5.92 Å². The van der Waals surface area contributed by atoms with Crippen LogP contribution in [0.25, 0.3) is 0 Å². The fraction of sp³-hybridized carbons (Fsp3) is 0.235. The standard InChI is InChI=1S/C17H20N6O3/c1-11(2)14(21-17(26)20-12-6-4-3-5-7-12)16(25)23-22-15(24)13-10-18-8-9-19-13/h3-11,14H,1-2H3,(H,22,24)(H,23,25)(H2,20,21,26). The third kappa shape index (κ3) is 5.55. The van der Waals surface area contributed by atoms with E-state index in [0.29, 0.717) is 5.69 Å².